The molecule has 0 bridgehead atoms. The Morgan fingerprint density at radius 3 is 2.68 bits per heavy atom. The van der Waals surface area contributed by atoms with Crippen molar-refractivity contribution in [1.29, 1.82) is 0 Å². The monoisotopic (exact) mass is 340 g/mol. The average molecular weight is 341 g/mol. The maximum Gasteiger partial charge on any atom is 0.223 e. The van der Waals surface area contributed by atoms with E-state index in [4.69, 9.17) is 23.2 Å². The quantitative estimate of drug-likeness (QED) is 0.900. The molecule has 5 heteroatoms. The molecule has 0 aromatic heterocycles. The number of likely N-dealkylation sites (tertiary alicyclic amines) is 1. The summed E-state index contributed by atoms with van der Waals surface area (Å²) in [5.74, 6) is 0.823. The summed E-state index contributed by atoms with van der Waals surface area (Å²) in [4.78, 5) is 14.7. The molecule has 2 heterocycles. The number of nitrogens with one attached hydrogen (secondary N) is 1. The van der Waals surface area contributed by atoms with Gasteiger partial charge in [0.2, 0.25) is 5.91 Å². The van der Waals surface area contributed by atoms with Crippen LogP contribution in [-0.2, 0) is 4.79 Å². The molecular formula is C17H22Cl2N2O. The highest BCUT2D eigenvalue weighted by Gasteiger charge is 2.31. The van der Waals surface area contributed by atoms with Crippen LogP contribution in [0.2, 0.25) is 10.0 Å². The van der Waals surface area contributed by atoms with Crippen LogP contribution in [0.5, 0.6) is 0 Å². The lowest BCUT2D eigenvalue weighted by atomic mass is 9.93. The summed E-state index contributed by atoms with van der Waals surface area (Å²) < 4.78 is 0. The Kier molecular flexibility index (Phi) is 5.27. The first-order valence-electron chi connectivity index (χ1n) is 8.10. The van der Waals surface area contributed by atoms with Crippen LogP contribution >= 0.6 is 23.2 Å². The Labute approximate surface area is 142 Å². The molecule has 1 aromatic rings. The van der Waals surface area contributed by atoms with E-state index in [2.05, 4.69) is 5.32 Å². The summed E-state index contributed by atoms with van der Waals surface area (Å²) in [5, 5.41) is 4.48. The standard InChI is InChI=1S/C17H22Cl2N2O/c18-14-4-3-13(11-15(14)19)16-2-1-9-21(16)17(22)10-12-5-7-20-8-6-12/h3-4,11-12,16,20H,1-2,5-10H2. The maximum atomic E-state index is 12.7. The van der Waals surface area contributed by atoms with Crippen LogP contribution in [0.15, 0.2) is 18.2 Å². The van der Waals surface area contributed by atoms with Crippen LogP contribution in [0.3, 0.4) is 0 Å². The number of carbonyl (C=O) groups excluding carboxylic acids is 1. The number of piperidine rings is 1. The molecule has 2 aliphatic heterocycles. The predicted octanol–water partition coefficient (Wildman–Crippen LogP) is 4.05. The second-order valence-corrected chi connectivity index (χ2v) is 7.13. The lowest BCUT2D eigenvalue weighted by Crippen LogP contribution is -2.35. The summed E-state index contributed by atoms with van der Waals surface area (Å²) >= 11 is 12.1. The molecule has 2 aliphatic rings. The molecule has 120 valence electrons. The fourth-order valence-electron chi connectivity index (χ4n) is 3.58. The number of halogens is 2. The summed E-state index contributed by atoms with van der Waals surface area (Å²) in [5.41, 5.74) is 1.10. The summed E-state index contributed by atoms with van der Waals surface area (Å²) in [6.45, 7) is 2.93. The van der Waals surface area contributed by atoms with Gasteiger partial charge < -0.3 is 10.2 Å². The number of amides is 1. The van der Waals surface area contributed by atoms with Gasteiger partial charge in [-0.2, -0.15) is 0 Å². The van der Waals surface area contributed by atoms with E-state index in [0.717, 1.165) is 50.9 Å². The third kappa shape index (κ3) is 3.58. The molecule has 0 radical (unpaired) electrons. The number of benzene rings is 1. The molecule has 22 heavy (non-hydrogen) atoms. The molecule has 0 aliphatic carbocycles. The molecule has 2 saturated heterocycles. The summed E-state index contributed by atoms with van der Waals surface area (Å²) in [7, 11) is 0. The van der Waals surface area contributed by atoms with E-state index in [0.29, 0.717) is 28.3 Å². The Bertz CT molecular complexity index is 543. The minimum Gasteiger partial charge on any atom is -0.336 e. The molecule has 0 spiro atoms. The Morgan fingerprint density at radius 2 is 1.95 bits per heavy atom. The first-order valence-corrected chi connectivity index (χ1v) is 8.86. The van der Waals surface area contributed by atoms with Crippen molar-refractivity contribution < 1.29 is 4.79 Å². The fraction of sp³-hybridized carbons (Fsp3) is 0.588. The molecule has 1 unspecified atom stereocenters. The van der Waals surface area contributed by atoms with Crippen molar-refractivity contribution in [2.75, 3.05) is 19.6 Å². The van der Waals surface area contributed by atoms with Crippen LogP contribution in [0.4, 0.5) is 0 Å². The van der Waals surface area contributed by atoms with Crippen molar-refractivity contribution in [3.8, 4) is 0 Å². The Balaban J connectivity index is 1.69. The van der Waals surface area contributed by atoms with Gasteiger partial charge in [0.15, 0.2) is 0 Å². The van der Waals surface area contributed by atoms with Crippen molar-refractivity contribution in [2.45, 2.75) is 38.1 Å². The molecule has 2 fully saturated rings. The second-order valence-electron chi connectivity index (χ2n) is 6.32. The highest BCUT2D eigenvalue weighted by Crippen LogP contribution is 2.36. The van der Waals surface area contributed by atoms with E-state index in [1.54, 1.807) is 0 Å². The van der Waals surface area contributed by atoms with Gasteiger partial charge in [0.25, 0.3) is 0 Å². The lowest BCUT2D eigenvalue weighted by Gasteiger charge is -2.29. The molecule has 1 aromatic carbocycles. The Morgan fingerprint density at radius 1 is 1.18 bits per heavy atom. The highest BCUT2D eigenvalue weighted by atomic mass is 35.5. The van der Waals surface area contributed by atoms with Crippen molar-refractivity contribution in [2.24, 2.45) is 5.92 Å². The zero-order chi connectivity index (χ0) is 15.5. The second kappa shape index (κ2) is 7.20. The van der Waals surface area contributed by atoms with E-state index >= 15 is 0 Å². The molecule has 1 N–H and O–H groups in total. The highest BCUT2D eigenvalue weighted by molar-refractivity contribution is 6.42. The number of carbonyl (C=O) groups is 1. The fourth-order valence-corrected chi connectivity index (χ4v) is 3.89. The van der Waals surface area contributed by atoms with E-state index < -0.39 is 0 Å². The lowest BCUT2D eigenvalue weighted by molar-refractivity contribution is -0.133. The van der Waals surface area contributed by atoms with Crippen molar-refractivity contribution in [3.63, 3.8) is 0 Å². The number of hydrogen-bond acceptors (Lipinski definition) is 2. The first-order chi connectivity index (χ1) is 10.6. The minimum atomic E-state index is 0.156. The number of hydrogen-bond donors (Lipinski definition) is 1. The van der Waals surface area contributed by atoms with E-state index in [1.807, 2.05) is 23.1 Å². The normalized spacial score (nSPS) is 23.0. The molecule has 3 rings (SSSR count). The maximum absolute atomic E-state index is 12.7. The van der Waals surface area contributed by atoms with Gasteiger partial charge in [-0.15, -0.1) is 0 Å². The van der Waals surface area contributed by atoms with Crippen LogP contribution in [0.1, 0.15) is 43.7 Å². The number of nitrogens with zero attached hydrogens (tertiary/aromatic N) is 1. The van der Waals surface area contributed by atoms with Crippen LogP contribution < -0.4 is 5.32 Å². The van der Waals surface area contributed by atoms with Gasteiger partial charge >= 0.3 is 0 Å². The first kappa shape index (κ1) is 16.1. The van der Waals surface area contributed by atoms with E-state index in [9.17, 15) is 4.79 Å². The van der Waals surface area contributed by atoms with E-state index in [1.165, 1.54) is 0 Å². The largest absolute Gasteiger partial charge is 0.336 e. The Hall–Kier alpha value is -0.770. The van der Waals surface area contributed by atoms with Crippen LogP contribution in [0.25, 0.3) is 0 Å². The van der Waals surface area contributed by atoms with Gasteiger partial charge in [0.05, 0.1) is 16.1 Å². The molecule has 3 nitrogen and oxygen atoms in total. The van der Waals surface area contributed by atoms with Gasteiger partial charge in [-0.25, -0.2) is 0 Å². The van der Waals surface area contributed by atoms with Gasteiger partial charge in [-0.3, -0.25) is 4.79 Å². The van der Waals surface area contributed by atoms with Gasteiger partial charge in [-0.05, 0) is 62.4 Å². The number of rotatable bonds is 3. The SMILES string of the molecule is O=C(CC1CCNCC1)N1CCCC1c1ccc(Cl)c(Cl)c1. The zero-order valence-corrected chi connectivity index (χ0v) is 14.2. The summed E-state index contributed by atoms with van der Waals surface area (Å²) in [6, 6.07) is 5.89. The van der Waals surface area contributed by atoms with Crippen molar-refractivity contribution >= 4 is 29.1 Å². The smallest absolute Gasteiger partial charge is 0.223 e. The average Bonchev–Trinajstić information content (AvgIpc) is 3.01. The van der Waals surface area contributed by atoms with Crippen molar-refractivity contribution in [1.82, 2.24) is 10.2 Å². The van der Waals surface area contributed by atoms with Crippen LogP contribution in [-0.4, -0.2) is 30.4 Å². The molecular weight excluding hydrogens is 319 g/mol. The summed E-state index contributed by atoms with van der Waals surface area (Å²) in [6.07, 6.45) is 4.96. The third-order valence-corrected chi connectivity index (χ3v) is 5.56. The van der Waals surface area contributed by atoms with Gasteiger partial charge in [0.1, 0.15) is 0 Å². The predicted molar refractivity (Wildman–Crippen MR) is 90.4 cm³/mol. The third-order valence-electron chi connectivity index (χ3n) is 4.82. The molecule has 1 amide bonds. The van der Waals surface area contributed by atoms with Crippen molar-refractivity contribution in [3.05, 3.63) is 33.8 Å². The topological polar surface area (TPSA) is 32.3 Å². The van der Waals surface area contributed by atoms with Gasteiger partial charge in [-0.1, -0.05) is 29.3 Å². The van der Waals surface area contributed by atoms with E-state index in [-0.39, 0.29) is 6.04 Å². The van der Waals surface area contributed by atoms with Gasteiger partial charge in [0, 0.05) is 13.0 Å². The molecule has 0 saturated carbocycles. The minimum absolute atomic E-state index is 0.156. The zero-order valence-electron chi connectivity index (χ0n) is 12.7. The molecule has 1 atom stereocenters. The van der Waals surface area contributed by atoms with Crippen LogP contribution in [0, 0.1) is 5.92 Å².